The molecule has 0 aromatic rings. The van der Waals surface area contributed by atoms with Crippen LogP contribution in [-0.2, 0) is 0 Å². The van der Waals surface area contributed by atoms with Gasteiger partial charge in [-0.3, -0.25) is 4.99 Å². The van der Waals surface area contributed by atoms with Gasteiger partial charge in [0.1, 0.15) is 0 Å². The van der Waals surface area contributed by atoms with E-state index in [0.717, 1.165) is 5.57 Å². The molecule has 0 bridgehead atoms. The minimum absolute atomic E-state index is 1.09. The van der Waals surface area contributed by atoms with Crippen molar-refractivity contribution in [3.63, 3.8) is 0 Å². The molecule has 0 saturated heterocycles. The standard InChI is InChI=1S/C6H10N/c1-4-6(2)5-7-3/h4H,1-3H3/b6-4+,7-5?. The summed E-state index contributed by atoms with van der Waals surface area (Å²) in [6.07, 6.45) is 4.75. The Balaban J connectivity index is 3.58. The average Bonchev–Trinajstić information content (AvgIpc) is 1.68. The van der Waals surface area contributed by atoms with Crippen LogP contribution in [0.5, 0.6) is 0 Å². The number of rotatable bonds is 1. The van der Waals surface area contributed by atoms with Gasteiger partial charge in [0.05, 0.1) is 6.21 Å². The summed E-state index contributed by atoms with van der Waals surface area (Å²) in [5, 5.41) is 0. The van der Waals surface area contributed by atoms with Crippen molar-refractivity contribution >= 4 is 6.21 Å². The molecule has 0 spiro atoms. The largest absolute Gasteiger partial charge is 0.286 e. The van der Waals surface area contributed by atoms with Gasteiger partial charge in [-0.25, -0.2) is 0 Å². The molecule has 0 unspecified atom stereocenters. The van der Waals surface area contributed by atoms with Gasteiger partial charge in [0.2, 0.25) is 0 Å². The van der Waals surface area contributed by atoms with Gasteiger partial charge in [-0.2, -0.15) is 0 Å². The topological polar surface area (TPSA) is 12.4 Å². The third-order valence-electron chi connectivity index (χ3n) is 0.721. The van der Waals surface area contributed by atoms with E-state index < -0.39 is 0 Å². The predicted octanol–water partition coefficient (Wildman–Crippen LogP) is 1.53. The quantitative estimate of drug-likeness (QED) is 0.439. The first kappa shape index (κ1) is 6.41. The van der Waals surface area contributed by atoms with E-state index in [1.807, 2.05) is 19.9 Å². The Morgan fingerprint density at radius 3 is 2.43 bits per heavy atom. The van der Waals surface area contributed by atoms with E-state index in [0.29, 0.717) is 0 Å². The van der Waals surface area contributed by atoms with Gasteiger partial charge in [0.15, 0.2) is 0 Å². The molecule has 0 aromatic carbocycles. The zero-order valence-corrected chi connectivity index (χ0v) is 5.02. The number of nitrogens with zero attached hydrogens (tertiary/aromatic N) is 1. The predicted molar refractivity (Wildman–Crippen MR) is 32.8 cm³/mol. The van der Waals surface area contributed by atoms with E-state index in [2.05, 4.69) is 11.2 Å². The molecule has 0 aromatic heterocycles. The zero-order chi connectivity index (χ0) is 5.70. The van der Waals surface area contributed by atoms with E-state index in [-0.39, 0.29) is 0 Å². The van der Waals surface area contributed by atoms with Gasteiger partial charge in [-0.15, -0.1) is 0 Å². The van der Waals surface area contributed by atoms with Crippen molar-refractivity contribution < 1.29 is 0 Å². The summed E-state index contributed by atoms with van der Waals surface area (Å²) >= 11 is 0. The highest BCUT2D eigenvalue weighted by atomic mass is 14.6. The molecule has 0 atom stereocenters. The van der Waals surface area contributed by atoms with Crippen molar-refractivity contribution in [2.45, 2.75) is 13.8 Å². The maximum Gasteiger partial charge on any atom is 0.0851 e. The van der Waals surface area contributed by atoms with Crippen molar-refractivity contribution in [2.75, 3.05) is 7.05 Å². The first-order valence-electron chi connectivity index (χ1n) is 2.29. The second-order valence-corrected chi connectivity index (χ2v) is 1.31. The highest BCUT2D eigenvalue weighted by molar-refractivity contribution is 5.77. The molecule has 1 radical (unpaired) electrons. The van der Waals surface area contributed by atoms with E-state index in [4.69, 9.17) is 0 Å². The first-order valence-corrected chi connectivity index (χ1v) is 2.29. The van der Waals surface area contributed by atoms with Crippen LogP contribution in [0.4, 0.5) is 0 Å². The second-order valence-electron chi connectivity index (χ2n) is 1.31. The monoisotopic (exact) mass is 96.1 g/mol. The van der Waals surface area contributed by atoms with Crippen LogP contribution in [0.25, 0.3) is 0 Å². The van der Waals surface area contributed by atoms with Gasteiger partial charge >= 0.3 is 0 Å². The van der Waals surface area contributed by atoms with Gasteiger partial charge < -0.3 is 0 Å². The Bertz CT molecular complexity index is 90.4. The Morgan fingerprint density at radius 1 is 1.71 bits per heavy atom. The van der Waals surface area contributed by atoms with Crippen LogP contribution >= 0.6 is 0 Å². The van der Waals surface area contributed by atoms with Crippen LogP contribution in [0.2, 0.25) is 0 Å². The molecular weight excluding hydrogens is 86.1 g/mol. The molecule has 0 N–H and O–H groups in total. The fraction of sp³-hybridized carbons (Fsp3) is 0.500. The number of aliphatic imine (C=N–C) groups is 1. The Labute approximate surface area is 44.8 Å². The lowest BCUT2D eigenvalue weighted by atomic mass is 10.3. The molecule has 0 rings (SSSR count). The van der Waals surface area contributed by atoms with E-state index in [1.165, 1.54) is 0 Å². The first-order chi connectivity index (χ1) is 3.31. The lowest BCUT2D eigenvalue weighted by molar-refractivity contribution is 1.44. The maximum atomic E-state index is 3.69. The summed E-state index contributed by atoms with van der Waals surface area (Å²) in [6.45, 7) is 3.93. The second kappa shape index (κ2) is 3.59. The number of allylic oxidation sites excluding steroid dienone is 2. The molecule has 0 aliphatic rings. The molecule has 7 heavy (non-hydrogen) atoms. The molecule has 1 nitrogen and oxygen atoms in total. The molecule has 0 amide bonds. The van der Waals surface area contributed by atoms with Crippen LogP contribution in [0.15, 0.2) is 16.6 Å². The van der Waals surface area contributed by atoms with Gasteiger partial charge in [0.25, 0.3) is 0 Å². The van der Waals surface area contributed by atoms with Crippen molar-refractivity contribution in [1.29, 1.82) is 0 Å². The Kier molecular flexibility index (Phi) is 3.29. The van der Waals surface area contributed by atoms with E-state index >= 15 is 0 Å². The maximum absolute atomic E-state index is 3.69. The fourth-order valence-corrected chi connectivity index (χ4v) is 0.241. The smallest absolute Gasteiger partial charge is 0.0851 e. The summed E-state index contributed by atoms with van der Waals surface area (Å²) in [4.78, 5) is 3.69. The summed E-state index contributed by atoms with van der Waals surface area (Å²) in [7, 11) is 1.72. The van der Waals surface area contributed by atoms with Crippen molar-refractivity contribution in [3.8, 4) is 0 Å². The minimum Gasteiger partial charge on any atom is -0.286 e. The van der Waals surface area contributed by atoms with Crippen LogP contribution in [-0.4, -0.2) is 13.3 Å². The third-order valence-corrected chi connectivity index (χ3v) is 0.721. The number of hydrogen-bond acceptors (Lipinski definition) is 1. The average molecular weight is 96.2 g/mol. The van der Waals surface area contributed by atoms with Crippen LogP contribution in [0.1, 0.15) is 13.8 Å². The van der Waals surface area contributed by atoms with Crippen molar-refractivity contribution in [3.05, 3.63) is 11.6 Å². The van der Waals surface area contributed by atoms with Crippen LogP contribution in [0, 0.1) is 0 Å². The minimum atomic E-state index is 1.09. The molecule has 0 heterocycles. The highest BCUT2D eigenvalue weighted by Gasteiger charge is 1.73. The van der Waals surface area contributed by atoms with Crippen LogP contribution in [0.3, 0.4) is 0 Å². The van der Waals surface area contributed by atoms with Crippen LogP contribution < -0.4 is 0 Å². The van der Waals surface area contributed by atoms with E-state index in [9.17, 15) is 0 Å². The third kappa shape index (κ3) is 3.23. The number of hydrogen-bond donors (Lipinski definition) is 0. The Morgan fingerprint density at radius 2 is 2.29 bits per heavy atom. The summed E-state index contributed by atoms with van der Waals surface area (Å²) in [6, 6.07) is 0. The van der Waals surface area contributed by atoms with Gasteiger partial charge in [-0.1, -0.05) is 6.08 Å². The van der Waals surface area contributed by atoms with Crippen molar-refractivity contribution in [1.82, 2.24) is 0 Å². The zero-order valence-electron chi connectivity index (χ0n) is 5.02. The summed E-state index contributed by atoms with van der Waals surface area (Å²) in [5.41, 5.74) is 1.09. The Hall–Kier alpha value is -0.590. The van der Waals surface area contributed by atoms with Gasteiger partial charge in [-0.05, 0) is 19.4 Å². The molecule has 0 saturated carbocycles. The fourth-order valence-electron chi connectivity index (χ4n) is 0.241. The molecule has 1 heteroatoms. The molecule has 0 aliphatic heterocycles. The SMILES string of the molecule is C/C=C(C)/[C]=N\C. The van der Waals surface area contributed by atoms with Crippen molar-refractivity contribution in [2.24, 2.45) is 4.99 Å². The highest BCUT2D eigenvalue weighted by Crippen LogP contribution is 1.82. The van der Waals surface area contributed by atoms with E-state index in [1.54, 1.807) is 7.05 Å². The molecule has 0 fully saturated rings. The summed E-state index contributed by atoms with van der Waals surface area (Å²) < 4.78 is 0. The molecular formula is C6H10N. The normalized spacial score (nSPS) is 13.3. The van der Waals surface area contributed by atoms with Gasteiger partial charge in [0, 0.05) is 7.05 Å². The summed E-state index contributed by atoms with van der Waals surface area (Å²) in [5.74, 6) is 0. The lowest BCUT2D eigenvalue weighted by Crippen LogP contribution is -1.72. The lowest BCUT2D eigenvalue weighted by Gasteiger charge is -1.79. The molecule has 0 aliphatic carbocycles. The molecule has 39 valence electrons.